The first-order valence-corrected chi connectivity index (χ1v) is 9.93. The molecular weight excluding hydrogens is 318 g/mol. The minimum Gasteiger partial charge on any atom is -0.378 e. The van der Waals surface area contributed by atoms with Crippen molar-refractivity contribution in [2.45, 2.75) is 38.2 Å². The van der Waals surface area contributed by atoms with E-state index in [2.05, 4.69) is 12.2 Å². The predicted octanol–water partition coefficient (Wildman–Crippen LogP) is 2.02. The molecule has 2 heterocycles. The van der Waals surface area contributed by atoms with Crippen LogP contribution in [0.4, 0.5) is 0 Å². The Morgan fingerprint density at radius 2 is 1.56 bits per heavy atom. The van der Waals surface area contributed by atoms with Crippen molar-refractivity contribution in [1.29, 1.82) is 0 Å². The number of carbonyl (C=O) groups is 2. The number of imide groups is 1. The van der Waals surface area contributed by atoms with E-state index in [-0.39, 0.29) is 23.7 Å². The molecule has 0 N–H and O–H groups in total. The van der Waals surface area contributed by atoms with Gasteiger partial charge < -0.3 is 9.47 Å². The van der Waals surface area contributed by atoms with Crippen LogP contribution in [-0.4, -0.2) is 49.2 Å². The Balaban J connectivity index is 1.12. The zero-order valence-electron chi connectivity index (χ0n) is 14.6. The molecule has 4 fully saturated rings. The van der Waals surface area contributed by atoms with Gasteiger partial charge in [0.15, 0.2) is 0 Å². The largest absolute Gasteiger partial charge is 0.378 e. The van der Waals surface area contributed by atoms with Crippen molar-refractivity contribution in [2.75, 3.05) is 26.4 Å². The van der Waals surface area contributed by atoms with E-state index in [0.29, 0.717) is 36.3 Å². The van der Waals surface area contributed by atoms with Crippen LogP contribution >= 0.6 is 0 Å². The highest BCUT2D eigenvalue weighted by molar-refractivity contribution is 6.06. The molecule has 0 spiro atoms. The van der Waals surface area contributed by atoms with Gasteiger partial charge in [0.1, 0.15) is 6.10 Å². The number of rotatable bonds is 6. The summed E-state index contributed by atoms with van der Waals surface area (Å²) < 4.78 is 10.9. The van der Waals surface area contributed by atoms with E-state index in [9.17, 15) is 9.59 Å². The normalized spacial score (nSPS) is 44.6. The third kappa shape index (κ3) is 2.85. The third-order valence-corrected chi connectivity index (χ3v) is 7.03. The maximum absolute atomic E-state index is 12.8. The Morgan fingerprint density at radius 1 is 0.960 bits per heavy atom. The predicted molar refractivity (Wildman–Crippen MR) is 90.4 cm³/mol. The standard InChI is InChI=1S/C20H27NO4/c22-19-17-14-5-6-15(7-14)18(17)20(23)21(19)8-12-1-3-13(4-2-12)9-24-10-16-11-25-16/h5-6,12-18H,1-4,7-11H2. The van der Waals surface area contributed by atoms with Crippen molar-refractivity contribution in [3.8, 4) is 0 Å². The van der Waals surface area contributed by atoms with E-state index in [1.54, 1.807) is 4.90 Å². The molecule has 2 aliphatic heterocycles. The van der Waals surface area contributed by atoms with Gasteiger partial charge >= 0.3 is 0 Å². The Kier molecular flexibility index (Phi) is 3.97. The number of ether oxygens (including phenoxy) is 2. The van der Waals surface area contributed by atoms with Gasteiger partial charge in [-0.1, -0.05) is 12.2 Å². The first kappa shape index (κ1) is 16.0. The average molecular weight is 345 g/mol. The molecule has 0 aromatic rings. The highest BCUT2D eigenvalue weighted by Crippen LogP contribution is 2.52. The number of amides is 2. The third-order valence-electron chi connectivity index (χ3n) is 7.03. The second-order valence-electron chi connectivity index (χ2n) is 8.67. The molecule has 0 radical (unpaired) electrons. The summed E-state index contributed by atoms with van der Waals surface area (Å²) in [6.45, 7) is 3.06. The lowest BCUT2D eigenvalue weighted by Gasteiger charge is -2.31. The molecule has 5 heteroatoms. The van der Waals surface area contributed by atoms with E-state index in [4.69, 9.17) is 9.47 Å². The number of likely N-dealkylation sites (tertiary alicyclic amines) is 1. The van der Waals surface area contributed by atoms with Crippen LogP contribution in [0, 0.1) is 35.5 Å². The molecule has 2 amide bonds. The summed E-state index contributed by atoms with van der Waals surface area (Å²) in [4.78, 5) is 27.2. The van der Waals surface area contributed by atoms with Crippen LogP contribution < -0.4 is 0 Å². The zero-order chi connectivity index (χ0) is 17.0. The van der Waals surface area contributed by atoms with E-state index in [0.717, 1.165) is 51.9 Å². The first-order chi connectivity index (χ1) is 12.2. The smallest absolute Gasteiger partial charge is 0.233 e. The molecule has 5 unspecified atom stereocenters. The number of carbonyl (C=O) groups excluding carboxylic acids is 2. The van der Waals surface area contributed by atoms with Crippen LogP contribution in [0.5, 0.6) is 0 Å². The van der Waals surface area contributed by atoms with Crippen molar-refractivity contribution in [1.82, 2.24) is 4.90 Å². The van der Waals surface area contributed by atoms with Crippen LogP contribution in [0.3, 0.4) is 0 Å². The Hall–Kier alpha value is -1.20. The van der Waals surface area contributed by atoms with Gasteiger partial charge in [0.2, 0.25) is 11.8 Å². The molecule has 2 saturated heterocycles. The number of fused-ring (bicyclic) bond motifs is 5. The maximum Gasteiger partial charge on any atom is 0.233 e. The van der Waals surface area contributed by atoms with Gasteiger partial charge in [-0.05, 0) is 55.8 Å². The van der Waals surface area contributed by atoms with E-state index < -0.39 is 0 Å². The maximum atomic E-state index is 12.8. The van der Waals surface area contributed by atoms with Gasteiger partial charge in [-0.25, -0.2) is 0 Å². The highest BCUT2D eigenvalue weighted by Gasteiger charge is 2.59. The summed E-state index contributed by atoms with van der Waals surface area (Å²) in [6, 6.07) is 0. The SMILES string of the molecule is O=C1C2C3C=CC(C3)C2C(=O)N1CC1CCC(COCC2CO2)CC1. The Bertz CT molecular complexity index is 561. The zero-order valence-corrected chi connectivity index (χ0v) is 14.6. The lowest BCUT2D eigenvalue weighted by Crippen LogP contribution is -2.38. The van der Waals surface area contributed by atoms with Crippen molar-refractivity contribution >= 4 is 11.8 Å². The summed E-state index contributed by atoms with van der Waals surface area (Å²) in [5, 5.41) is 0. The van der Waals surface area contributed by atoms with E-state index >= 15 is 0 Å². The average Bonchev–Trinajstić information content (AvgIpc) is 3.12. The molecule has 5 rings (SSSR count). The summed E-state index contributed by atoms with van der Waals surface area (Å²) in [6.07, 6.45) is 10.2. The van der Waals surface area contributed by atoms with Crippen molar-refractivity contribution in [3.05, 3.63) is 12.2 Å². The second-order valence-corrected chi connectivity index (χ2v) is 8.67. The number of hydrogen-bond acceptors (Lipinski definition) is 4. The van der Waals surface area contributed by atoms with Crippen molar-refractivity contribution < 1.29 is 19.1 Å². The lowest BCUT2D eigenvalue weighted by atomic mass is 9.82. The molecule has 0 aromatic heterocycles. The van der Waals surface area contributed by atoms with Crippen LogP contribution in [0.1, 0.15) is 32.1 Å². The number of hydrogen-bond donors (Lipinski definition) is 0. The molecule has 5 nitrogen and oxygen atoms in total. The number of allylic oxidation sites excluding steroid dienone is 2. The topological polar surface area (TPSA) is 59.1 Å². The second kappa shape index (κ2) is 6.20. The highest BCUT2D eigenvalue weighted by atomic mass is 16.6. The molecule has 5 aliphatic rings. The van der Waals surface area contributed by atoms with Gasteiger partial charge in [0, 0.05) is 13.2 Å². The summed E-state index contributed by atoms with van der Waals surface area (Å²) >= 11 is 0. The van der Waals surface area contributed by atoms with Gasteiger partial charge in [0.05, 0.1) is 25.0 Å². The quantitative estimate of drug-likeness (QED) is 0.420. The minimum atomic E-state index is -0.0446. The molecule has 2 bridgehead atoms. The minimum absolute atomic E-state index is 0.0446. The van der Waals surface area contributed by atoms with Crippen LogP contribution in [0.2, 0.25) is 0 Å². The van der Waals surface area contributed by atoms with E-state index in [1.807, 2.05) is 0 Å². The van der Waals surface area contributed by atoms with Crippen LogP contribution in [0.25, 0.3) is 0 Å². The van der Waals surface area contributed by atoms with E-state index in [1.165, 1.54) is 0 Å². The molecule has 136 valence electrons. The number of epoxide rings is 1. The molecule has 5 atom stereocenters. The fraction of sp³-hybridized carbons (Fsp3) is 0.800. The van der Waals surface area contributed by atoms with Gasteiger partial charge in [-0.15, -0.1) is 0 Å². The summed E-state index contributed by atoms with van der Waals surface area (Å²) in [5.41, 5.74) is 0. The first-order valence-electron chi connectivity index (χ1n) is 9.93. The molecule has 0 aromatic carbocycles. The Morgan fingerprint density at radius 3 is 2.16 bits per heavy atom. The van der Waals surface area contributed by atoms with Gasteiger partial charge in [-0.2, -0.15) is 0 Å². The summed E-state index contributed by atoms with van der Waals surface area (Å²) in [5.74, 6) is 1.87. The van der Waals surface area contributed by atoms with Crippen molar-refractivity contribution in [2.24, 2.45) is 35.5 Å². The monoisotopic (exact) mass is 345 g/mol. The summed E-state index contributed by atoms with van der Waals surface area (Å²) in [7, 11) is 0. The van der Waals surface area contributed by atoms with Gasteiger partial charge in [-0.3, -0.25) is 14.5 Å². The lowest BCUT2D eigenvalue weighted by molar-refractivity contribution is -0.141. The van der Waals surface area contributed by atoms with Gasteiger partial charge in [0.25, 0.3) is 0 Å². The molecular formula is C20H27NO4. The molecule has 2 saturated carbocycles. The number of nitrogens with zero attached hydrogens (tertiary/aromatic N) is 1. The van der Waals surface area contributed by atoms with Crippen LogP contribution in [-0.2, 0) is 19.1 Å². The fourth-order valence-electron chi connectivity index (χ4n) is 5.51. The molecule has 3 aliphatic carbocycles. The van der Waals surface area contributed by atoms with Crippen LogP contribution in [0.15, 0.2) is 12.2 Å². The Labute approximate surface area is 148 Å². The van der Waals surface area contributed by atoms with Crippen molar-refractivity contribution in [3.63, 3.8) is 0 Å². The fourth-order valence-corrected chi connectivity index (χ4v) is 5.51. The molecule has 25 heavy (non-hydrogen) atoms.